The van der Waals surface area contributed by atoms with Gasteiger partial charge in [0.25, 0.3) is 0 Å². The lowest BCUT2D eigenvalue weighted by atomic mass is 9.79. The number of halogens is 2. The van der Waals surface area contributed by atoms with Gasteiger partial charge in [-0.3, -0.25) is 15.2 Å². The van der Waals surface area contributed by atoms with E-state index in [0.29, 0.717) is 17.4 Å². The van der Waals surface area contributed by atoms with E-state index in [1.165, 1.54) is 32.1 Å². The minimum absolute atomic E-state index is 0.00509. The maximum absolute atomic E-state index is 6.95. The summed E-state index contributed by atoms with van der Waals surface area (Å²) in [5, 5.41) is 19.1. The van der Waals surface area contributed by atoms with Crippen molar-refractivity contribution in [3.8, 4) is 0 Å². The third-order valence-corrected chi connectivity index (χ3v) is 9.91. The van der Waals surface area contributed by atoms with Gasteiger partial charge in [-0.2, -0.15) is 0 Å². The van der Waals surface area contributed by atoms with Crippen LogP contribution in [-0.2, 0) is 0 Å². The van der Waals surface area contributed by atoms with E-state index in [0.717, 1.165) is 76.8 Å². The number of alkyl halides is 1. The van der Waals surface area contributed by atoms with Gasteiger partial charge < -0.3 is 21.3 Å². The number of aliphatic imine (C=N–C) groups is 2. The van der Waals surface area contributed by atoms with Crippen molar-refractivity contribution in [2.45, 2.75) is 198 Å². The summed E-state index contributed by atoms with van der Waals surface area (Å²) in [5.41, 5.74) is -0.184. The number of nitrogens with zero attached hydrogens (tertiary/aromatic N) is 3. The van der Waals surface area contributed by atoms with Gasteiger partial charge in [0.2, 0.25) is 16.9 Å². The van der Waals surface area contributed by atoms with Gasteiger partial charge in [-0.25, -0.2) is 4.99 Å². The Labute approximate surface area is 286 Å². The van der Waals surface area contributed by atoms with Gasteiger partial charge in [-0.1, -0.05) is 57.0 Å². The van der Waals surface area contributed by atoms with Crippen molar-refractivity contribution >= 4 is 34.5 Å². The molecule has 0 aromatic heterocycles. The summed E-state index contributed by atoms with van der Waals surface area (Å²) in [4.78, 5) is 11.7. The monoisotopic (exact) mass is 670 g/mol. The molecule has 0 amide bonds. The molecule has 3 aliphatic heterocycles. The molecule has 2 unspecified atom stereocenters. The molecule has 0 saturated carbocycles. The van der Waals surface area contributed by atoms with Crippen LogP contribution in [0, 0.1) is 0 Å². The fourth-order valence-corrected chi connectivity index (χ4v) is 8.92. The highest BCUT2D eigenvalue weighted by atomic mass is 35.5. The van der Waals surface area contributed by atoms with Crippen molar-refractivity contribution in [2.75, 3.05) is 13.1 Å². The summed E-state index contributed by atoms with van der Waals surface area (Å²) in [6, 6.07) is 0.904. The van der Waals surface area contributed by atoms with E-state index >= 15 is 0 Å². The van der Waals surface area contributed by atoms with Crippen LogP contribution in [-0.4, -0.2) is 75.3 Å². The summed E-state index contributed by atoms with van der Waals surface area (Å²) >= 11 is 13.4. The van der Waals surface area contributed by atoms with Gasteiger partial charge in [0.1, 0.15) is 0 Å². The zero-order valence-electron chi connectivity index (χ0n) is 30.2. The SMILES string of the molecule is CCCCCCCCN=C1NC(Cl)=NC(Cl)N1C(CCCCCNC1CC(C)(C)NC(C)(C)C1)NC1CC(C)(C)NC(C)(C)C1. The van der Waals surface area contributed by atoms with Gasteiger partial charge in [-0.15, -0.1) is 0 Å². The van der Waals surface area contributed by atoms with E-state index in [1.54, 1.807) is 0 Å². The Kier molecular flexibility index (Phi) is 14.8. The number of hydrogen-bond acceptors (Lipinski definition) is 6. The molecule has 0 aromatic carbocycles. The van der Waals surface area contributed by atoms with Crippen LogP contribution in [0.4, 0.5) is 0 Å². The van der Waals surface area contributed by atoms with Crippen LogP contribution in [0.5, 0.6) is 0 Å². The molecule has 8 nitrogen and oxygen atoms in total. The van der Waals surface area contributed by atoms with Crippen molar-refractivity contribution < 1.29 is 0 Å². The Bertz CT molecular complexity index is 931. The first-order chi connectivity index (χ1) is 21.0. The maximum atomic E-state index is 6.95. The molecule has 45 heavy (non-hydrogen) atoms. The van der Waals surface area contributed by atoms with E-state index in [9.17, 15) is 0 Å². The first-order valence-corrected chi connectivity index (χ1v) is 18.9. The molecular formula is C35H68Cl2N8. The summed E-state index contributed by atoms with van der Waals surface area (Å²) in [5.74, 6) is 0.742. The highest BCUT2D eigenvalue weighted by Gasteiger charge is 2.41. The van der Waals surface area contributed by atoms with Crippen molar-refractivity contribution in [3.63, 3.8) is 0 Å². The van der Waals surface area contributed by atoms with Gasteiger partial charge in [0, 0.05) is 40.8 Å². The molecule has 0 bridgehead atoms. The van der Waals surface area contributed by atoms with Gasteiger partial charge >= 0.3 is 0 Å². The normalized spacial score (nSPS) is 26.5. The highest BCUT2D eigenvalue weighted by molar-refractivity contribution is 6.66. The molecule has 3 aliphatic rings. The number of hydrogen-bond donors (Lipinski definition) is 5. The number of rotatable bonds is 17. The molecule has 10 heteroatoms. The van der Waals surface area contributed by atoms with Crippen LogP contribution in [0.15, 0.2) is 9.98 Å². The molecule has 3 heterocycles. The highest BCUT2D eigenvalue weighted by Crippen LogP contribution is 2.31. The van der Waals surface area contributed by atoms with Crippen LogP contribution in [0.2, 0.25) is 0 Å². The van der Waals surface area contributed by atoms with Gasteiger partial charge in [0.05, 0.1) is 6.17 Å². The fraction of sp³-hybridized carbons (Fsp3) is 0.943. The Hall–Kier alpha value is -0.640. The lowest BCUT2D eigenvalue weighted by Gasteiger charge is -2.49. The fourth-order valence-electron chi connectivity index (χ4n) is 8.37. The van der Waals surface area contributed by atoms with Crippen molar-refractivity contribution in [1.29, 1.82) is 0 Å². The second kappa shape index (κ2) is 17.1. The predicted octanol–water partition coefficient (Wildman–Crippen LogP) is 7.41. The zero-order chi connectivity index (χ0) is 33.3. The number of nitrogens with one attached hydrogen (secondary N) is 5. The molecule has 2 fully saturated rings. The average molecular weight is 672 g/mol. The topological polar surface area (TPSA) is 88.1 Å². The molecule has 262 valence electrons. The van der Waals surface area contributed by atoms with E-state index in [-0.39, 0.29) is 28.3 Å². The Balaban J connectivity index is 1.64. The van der Waals surface area contributed by atoms with E-state index in [1.807, 2.05) is 0 Å². The third kappa shape index (κ3) is 13.8. The molecule has 0 aliphatic carbocycles. The number of piperidine rings is 2. The van der Waals surface area contributed by atoms with Crippen LogP contribution >= 0.6 is 23.2 Å². The standard InChI is InChI=1S/C35H68Cl2N8/c1-10-11-12-13-14-17-21-39-31-42-29(36)41-30(37)45(31)28(40-27-24-34(6,7)44-35(8,9)25-27)19-16-15-18-20-38-26-22-32(2,3)43-33(4,5)23-26/h26-28,30,38,40,43-44H,10-25H2,1-9H3,(H,39,41,42). The van der Waals surface area contributed by atoms with Crippen molar-refractivity contribution in [1.82, 2.24) is 31.5 Å². The maximum Gasteiger partial charge on any atom is 0.204 e. The smallest absolute Gasteiger partial charge is 0.204 e. The average Bonchev–Trinajstić information content (AvgIpc) is 2.85. The van der Waals surface area contributed by atoms with Crippen LogP contribution in [0.25, 0.3) is 0 Å². The van der Waals surface area contributed by atoms with Crippen LogP contribution in [0.3, 0.4) is 0 Å². The van der Waals surface area contributed by atoms with Gasteiger partial charge in [0.15, 0.2) is 0 Å². The third-order valence-electron chi connectivity index (χ3n) is 9.41. The predicted molar refractivity (Wildman–Crippen MR) is 196 cm³/mol. The molecule has 0 aromatic rings. The Morgan fingerprint density at radius 3 is 1.93 bits per heavy atom. The first-order valence-electron chi connectivity index (χ1n) is 18.1. The molecule has 5 N–H and O–H groups in total. The quantitative estimate of drug-likeness (QED) is 0.0629. The second-order valence-electron chi connectivity index (χ2n) is 16.7. The molecule has 2 saturated heterocycles. The summed E-state index contributed by atoms with van der Waals surface area (Å²) < 4.78 is 0. The van der Waals surface area contributed by atoms with Crippen LogP contribution in [0.1, 0.15) is 152 Å². The number of guanidine groups is 1. The Morgan fingerprint density at radius 1 is 0.800 bits per heavy atom. The van der Waals surface area contributed by atoms with E-state index in [4.69, 9.17) is 28.2 Å². The lowest BCUT2D eigenvalue weighted by molar-refractivity contribution is 0.113. The summed E-state index contributed by atoms with van der Waals surface area (Å²) in [6.07, 6.45) is 16.2. The molecule has 2 atom stereocenters. The summed E-state index contributed by atoms with van der Waals surface area (Å²) in [6.45, 7) is 22.6. The first kappa shape index (κ1) is 38.8. The van der Waals surface area contributed by atoms with Crippen molar-refractivity contribution in [2.24, 2.45) is 9.98 Å². The van der Waals surface area contributed by atoms with E-state index in [2.05, 4.69) is 98.8 Å². The molecule has 3 rings (SSSR count). The minimum atomic E-state index is -0.601. The van der Waals surface area contributed by atoms with Crippen LogP contribution < -0.4 is 26.6 Å². The molecule has 0 radical (unpaired) electrons. The minimum Gasteiger partial charge on any atom is -0.314 e. The Morgan fingerprint density at radius 2 is 1.33 bits per heavy atom. The molecular weight excluding hydrogens is 603 g/mol. The second-order valence-corrected chi connectivity index (χ2v) is 17.5. The zero-order valence-corrected chi connectivity index (χ0v) is 31.7. The lowest BCUT2D eigenvalue weighted by Crippen LogP contribution is -2.65. The van der Waals surface area contributed by atoms with E-state index < -0.39 is 5.62 Å². The summed E-state index contributed by atoms with van der Waals surface area (Å²) in [7, 11) is 0. The number of amidine groups is 1. The number of unbranched alkanes of at least 4 members (excludes halogenated alkanes) is 7. The van der Waals surface area contributed by atoms with Crippen molar-refractivity contribution in [3.05, 3.63) is 0 Å². The van der Waals surface area contributed by atoms with Gasteiger partial charge in [-0.05, 0) is 125 Å². The molecule has 0 spiro atoms. The largest absolute Gasteiger partial charge is 0.314 e.